The van der Waals surface area contributed by atoms with Crippen LogP contribution in [0.5, 0.6) is 0 Å². The number of nitrogens with two attached hydrogens (primary N) is 1. The minimum Gasteiger partial charge on any atom is -0.380 e. The van der Waals surface area contributed by atoms with Crippen molar-refractivity contribution in [2.45, 2.75) is 0 Å². The second-order valence-electron chi connectivity index (χ2n) is 4.14. The highest BCUT2D eigenvalue weighted by Gasteiger charge is 2.20. The molecule has 0 aliphatic rings. The van der Waals surface area contributed by atoms with Gasteiger partial charge in [0.25, 0.3) is 5.69 Å². The average Bonchev–Trinajstić information content (AvgIpc) is 2.53. The van der Waals surface area contributed by atoms with Crippen LogP contribution in [0.4, 0.5) is 5.69 Å². The van der Waals surface area contributed by atoms with Gasteiger partial charge in [0.05, 0.1) is 4.92 Å². The summed E-state index contributed by atoms with van der Waals surface area (Å²) in [7, 11) is 0. The minimum absolute atomic E-state index is 0.0522. The first-order valence-corrected chi connectivity index (χ1v) is 6.41. The molecule has 0 aromatic heterocycles. The van der Waals surface area contributed by atoms with Crippen LogP contribution in [0.1, 0.15) is 15.9 Å². The normalized spacial score (nSPS) is 11.0. The Hall–Kier alpha value is -2.93. The Balaban J connectivity index is 2.17. The lowest BCUT2D eigenvalue weighted by atomic mass is 10.2. The lowest BCUT2D eigenvalue weighted by Gasteiger charge is -2.02. The second-order valence-corrected chi connectivity index (χ2v) is 4.57. The van der Waals surface area contributed by atoms with Crippen molar-refractivity contribution in [1.29, 1.82) is 0 Å². The van der Waals surface area contributed by atoms with Crippen LogP contribution in [0, 0.1) is 10.1 Å². The summed E-state index contributed by atoms with van der Waals surface area (Å²) in [4.78, 5) is 26.7. The third-order valence-corrected chi connectivity index (χ3v) is 2.94. The first kappa shape index (κ1) is 15.5. The number of carbonyl (C=O) groups is 1. The zero-order valence-corrected chi connectivity index (χ0v) is 11.9. The molecular formula is C14H10ClN3O4. The maximum atomic E-state index is 11.8. The molecule has 0 atom stereocenters. The van der Waals surface area contributed by atoms with Crippen LogP contribution in [0.2, 0.25) is 5.02 Å². The number of nitro benzene ring substituents is 1. The van der Waals surface area contributed by atoms with Crippen molar-refractivity contribution < 1.29 is 14.6 Å². The molecule has 7 nitrogen and oxygen atoms in total. The van der Waals surface area contributed by atoms with Crippen molar-refractivity contribution in [3.8, 4) is 0 Å². The molecule has 0 bridgehead atoms. The number of oxime groups is 1. The predicted molar refractivity (Wildman–Crippen MR) is 80.7 cm³/mol. The summed E-state index contributed by atoms with van der Waals surface area (Å²) in [5, 5.41) is 14.8. The number of nitrogens with zero attached hydrogens (tertiary/aromatic N) is 2. The van der Waals surface area contributed by atoms with Crippen LogP contribution in [-0.4, -0.2) is 16.7 Å². The first-order chi connectivity index (χ1) is 10.5. The lowest BCUT2D eigenvalue weighted by Crippen LogP contribution is -2.15. The molecule has 0 heterocycles. The highest BCUT2D eigenvalue weighted by Crippen LogP contribution is 2.18. The maximum absolute atomic E-state index is 11.8. The maximum Gasteiger partial charge on any atom is 0.372 e. The Kier molecular flexibility index (Phi) is 4.70. The molecule has 0 spiro atoms. The van der Waals surface area contributed by atoms with Crippen molar-refractivity contribution >= 4 is 29.1 Å². The van der Waals surface area contributed by atoms with Crippen LogP contribution < -0.4 is 5.73 Å². The summed E-state index contributed by atoms with van der Waals surface area (Å²) >= 11 is 5.74. The summed E-state index contributed by atoms with van der Waals surface area (Å²) in [5.41, 5.74) is 5.59. The van der Waals surface area contributed by atoms with Gasteiger partial charge in [-0.15, -0.1) is 0 Å². The van der Waals surface area contributed by atoms with Gasteiger partial charge < -0.3 is 10.6 Å². The average molecular weight is 320 g/mol. The Morgan fingerprint density at radius 2 is 1.82 bits per heavy atom. The standard InChI is InChI=1S/C14H10ClN3O4/c15-10-7-5-9(6-8-10)13(16)17-22-14(19)11-3-1-2-4-12(11)18(20)21/h1-8H,(H2,16,17). The zero-order chi connectivity index (χ0) is 16.1. The van der Waals surface area contributed by atoms with Crippen molar-refractivity contribution in [3.63, 3.8) is 0 Å². The topological polar surface area (TPSA) is 108 Å². The van der Waals surface area contributed by atoms with E-state index in [4.69, 9.17) is 17.3 Å². The quantitative estimate of drug-likeness (QED) is 0.306. The fraction of sp³-hybridized carbons (Fsp3) is 0. The zero-order valence-electron chi connectivity index (χ0n) is 11.1. The molecule has 0 fully saturated rings. The Labute approximate surface area is 130 Å². The molecule has 0 aliphatic carbocycles. The molecule has 0 amide bonds. The number of amidine groups is 1. The van der Waals surface area contributed by atoms with Gasteiger partial charge >= 0.3 is 5.97 Å². The van der Waals surface area contributed by atoms with Gasteiger partial charge in [0.2, 0.25) is 0 Å². The Morgan fingerprint density at radius 1 is 1.18 bits per heavy atom. The second kappa shape index (κ2) is 6.68. The SMILES string of the molecule is N/C(=N\OC(=O)c1ccccc1[N+](=O)[O-])c1ccc(Cl)cc1. The molecule has 2 rings (SSSR count). The number of rotatable bonds is 4. The van der Waals surface area contributed by atoms with E-state index in [1.165, 1.54) is 24.3 Å². The summed E-state index contributed by atoms with van der Waals surface area (Å²) in [6, 6.07) is 11.8. The van der Waals surface area contributed by atoms with Crippen LogP contribution in [-0.2, 0) is 4.84 Å². The van der Waals surface area contributed by atoms with Gasteiger partial charge in [-0.1, -0.05) is 28.9 Å². The van der Waals surface area contributed by atoms with Crippen LogP contribution in [0.3, 0.4) is 0 Å². The summed E-state index contributed by atoms with van der Waals surface area (Å²) < 4.78 is 0. The number of halogens is 1. The molecule has 8 heteroatoms. The molecular weight excluding hydrogens is 310 g/mol. The number of para-hydroxylation sites is 1. The number of hydrogen-bond acceptors (Lipinski definition) is 5. The third-order valence-electron chi connectivity index (χ3n) is 2.69. The number of benzene rings is 2. The smallest absolute Gasteiger partial charge is 0.372 e. The summed E-state index contributed by atoms with van der Waals surface area (Å²) in [6.45, 7) is 0. The fourth-order valence-corrected chi connectivity index (χ4v) is 1.74. The van der Waals surface area contributed by atoms with Gasteiger partial charge in [0.1, 0.15) is 5.56 Å². The van der Waals surface area contributed by atoms with Crippen molar-refractivity contribution in [2.24, 2.45) is 10.9 Å². The molecule has 0 saturated carbocycles. The van der Waals surface area contributed by atoms with Crippen LogP contribution in [0.15, 0.2) is 53.7 Å². The van der Waals surface area contributed by atoms with Crippen molar-refractivity contribution in [1.82, 2.24) is 0 Å². The molecule has 0 aliphatic heterocycles. The predicted octanol–water partition coefficient (Wildman–Crippen LogP) is 2.73. The number of hydrogen-bond donors (Lipinski definition) is 1. The third kappa shape index (κ3) is 3.58. The molecule has 0 radical (unpaired) electrons. The van der Waals surface area contributed by atoms with Gasteiger partial charge in [0.15, 0.2) is 5.84 Å². The Morgan fingerprint density at radius 3 is 2.45 bits per heavy atom. The van der Waals surface area contributed by atoms with E-state index in [9.17, 15) is 14.9 Å². The summed E-state index contributed by atoms with van der Waals surface area (Å²) in [5.74, 6) is -1.02. The monoisotopic (exact) mass is 319 g/mol. The number of carbonyl (C=O) groups excluding carboxylic acids is 1. The molecule has 0 unspecified atom stereocenters. The van der Waals surface area contributed by atoms with Crippen molar-refractivity contribution in [2.75, 3.05) is 0 Å². The lowest BCUT2D eigenvalue weighted by molar-refractivity contribution is -0.385. The van der Waals surface area contributed by atoms with Crippen LogP contribution in [0.25, 0.3) is 0 Å². The van der Waals surface area contributed by atoms with Gasteiger partial charge in [-0.2, -0.15) is 0 Å². The van der Waals surface area contributed by atoms with E-state index < -0.39 is 10.9 Å². The fourth-order valence-electron chi connectivity index (χ4n) is 1.62. The van der Waals surface area contributed by atoms with E-state index in [-0.39, 0.29) is 17.1 Å². The molecule has 0 saturated heterocycles. The minimum atomic E-state index is -0.968. The van der Waals surface area contributed by atoms with E-state index in [1.807, 2.05) is 0 Å². The van der Waals surface area contributed by atoms with Crippen molar-refractivity contribution in [3.05, 3.63) is 74.8 Å². The largest absolute Gasteiger partial charge is 0.380 e. The van der Waals surface area contributed by atoms with Gasteiger partial charge in [0, 0.05) is 16.7 Å². The molecule has 2 aromatic carbocycles. The van der Waals surface area contributed by atoms with E-state index in [0.717, 1.165) is 0 Å². The van der Waals surface area contributed by atoms with Gasteiger partial charge in [-0.3, -0.25) is 10.1 Å². The highest BCUT2D eigenvalue weighted by molar-refractivity contribution is 6.30. The number of nitro groups is 1. The van der Waals surface area contributed by atoms with E-state index in [0.29, 0.717) is 10.6 Å². The van der Waals surface area contributed by atoms with E-state index in [1.54, 1.807) is 24.3 Å². The molecule has 2 aromatic rings. The molecule has 112 valence electrons. The van der Waals surface area contributed by atoms with Gasteiger partial charge in [-0.25, -0.2) is 4.79 Å². The van der Waals surface area contributed by atoms with E-state index >= 15 is 0 Å². The summed E-state index contributed by atoms with van der Waals surface area (Å²) in [6.07, 6.45) is 0. The van der Waals surface area contributed by atoms with Gasteiger partial charge in [-0.05, 0) is 30.3 Å². The molecule has 2 N–H and O–H groups in total. The molecule has 22 heavy (non-hydrogen) atoms. The van der Waals surface area contributed by atoms with E-state index in [2.05, 4.69) is 9.99 Å². The first-order valence-electron chi connectivity index (χ1n) is 6.03. The highest BCUT2D eigenvalue weighted by atomic mass is 35.5. The van der Waals surface area contributed by atoms with Crippen LogP contribution >= 0.6 is 11.6 Å². The Bertz CT molecular complexity index is 744.